The summed E-state index contributed by atoms with van der Waals surface area (Å²) in [6.07, 6.45) is 2.56. The molecule has 216 valence electrons. The SMILES string of the molecule is Cc1ccc(S(=O)(=O)Oc2ccc(C(=O)CN(C(=O)c3ccccc3Cl)N3C(=O)[C@@H]4[C@H]5CC[C@@H](C5)[C@@H]4C3=O)cc2)cc1. The first-order valence-corrected chi connectivity index (χ1v) is 15.4. The number of ketones is 1. The lowest BCUT2D eigenvalue weighted by molar-refractivity contribution is -0.155. The average molecular weight is 607 g/mol. The Labute approximate surface area is 248 Å². The maximum atomic E-state index is 13.7. The summed E-state index contributed by atoms with van der Waals surface area (Å²) in [6.45, 7) is 1.24. The minimum atomic E-state index is -4.10. The maximum absolute atomic E-state index is 13.7. The maximum Gasteiger partial charge on any atom is 0.339 e. The van der Waals surface area contributed by atoms with Gasteiger partial charge in [-0.15, -0.1) is 0 Å². The molecule has 9 nitrogen and oxygen atoms in total. The van der Waals surface area contributed by atoms with Crippen LogP contribution in [-0.2, 0) is 19.7 Å². The molecule has 3 aromatic carbocycles. The van der Waals surface area contributed by atoms with Crippen molar-refractivity contribution in [2.75, 3.05) is 6.54 Å². The third-order valence-corrected chi connectivity index (χ3v) is 10.1. The predicted molar refractivity (Wildman–Crippen MR) is 152 cm³/mol. The molecule has 2 aliphatic carbocycles. The molecule has 3 fully saturated rings. The molecule has 0 spiro atoms. The number of hydrogen-bond donors (Lipinski definition) is 0. The van der Waals surface area contributed by atoms with Crippen LogP contribution in [0.5, 0.6) is 5.75 Å². The minimum Gasteiger partial charge on any atom is -0.379 e. The Balaban J connectivity index is 1.25. The van der Waals surface area contributed by atoms with Gasteiger partial charge in [0.05, 0.1) is 22.4 Å². The number of aryl methyl sites for hydroxylation is 1. The molecule has 2 saturated carbocycles. The number of hydrogen-bond acceptors (Lipinski definition) is 7. The Hall–Kier alpha value is -4.02. The number of nitrogens with zero attached hydrogens (tertiary/aromatic N) is 2. The minimum absolute atomic E-state index is 0.00989. The largest absolute Gasteiger partial charge is 0.379 e. The Morgan fingerprint density at radius 2 is 1.50 bits per heavy atom. The van der Waals surface area contributed by atoms with Gasteiger partial charge in [0.1, 0.15) is 17.2 Å². The van der Waals surface area contributed by atoms with E-state index in [2.05, 4.69) is 0 Å². The normalized spacial score (nSPS) is 22.8. The van der Waals surface area contributed by atoms with E-state index >= 15 is 0 Å². The highest BCUT2D eigenvalue weighted by Gasteiger charge is 2.62. The second kappa shape index (κ2) is 10.7. The molecule has 0 radical (unpaired) electrons. The summed E-state index contributed by atoms with van der Waals surface area (Å²) >= 11 is 6.29. The van der Waals surface area contributed by atoms with Gasteiger partial charge in [-0.2, -0.15) is 13.4 Å². The van der Waals surface area contributed by atoms with Crippen molar-refractivity contribution in [2.45, 2.75) is 31.1 Å². The lowest BCUT2D eigenvalue weighted by Gasteiger charge is -2.31. The molecular formula is C31H27ClN2O7S. The molecule has 42 heavy (non-hydrogen) atoms. The first-order valence-electron chi connectivity index (χ1n) is 13.6. The lowest BCUT2D eigenvalue weighted by atomic mass is 9.81. The van der Waals surface area contributed by atoms with E-state index in [1.54, 1.807) is 24.3 Å². The fourth-order valence-corrected chi connectivity index (χ4v) is 7.59. The van der Waals surface area contributed by atoms with E-state index in [1.165, 1.54) is 48.5 Å². The zero-order chi connectivity index (χ0) is 29.8. The van der Waals surface area contributed by atoms with E-state index in [1.807, 2.05) is 6.92 Å². The van der Waals surface area contributed by atoms with Crippen LogP contribution in [0.2, 0.25) is 5.02 Å². The summed E-state index contributed by atoms with van der Waals surface area (Å²) in [7, 11) is -4.10. The van der Waals surface area contributed by atoms with Gasteiger partial charge < -0.3 is 4.18 Å². The molecule has 1 saturated heterocycles. The van der Waals surface area contributed by atoms with Crippen LogP contribution in [0, 0.1) is 30.6 Å². The number of halogens is 1. The topological polar surface area (TPSA) is 118 Å². The van der Waals surface area contributed by atoms with Crippen LogP contribution in [0.3, 0.4) is 0 Å². The number of carbonyl (C=O) groups is 4. The number of Topliss-reactive ketones (excluding diaryl/α,β-unsaturated/α-hetero) is 1. The molecule has 3 aliphatic rings. The van der Waals surface area contributed by atoms with Crippen LogP contribution in [0.15, 0.2) is 77.7 Å². The fourth-order valence-electron chi connectivity index (χ4n) is 6.44. The monoisotopic (exact) mass is 606 g/mol. The summed E-state index contributed by atoms with van der Waals surface area (Å²) in [5.41, 5.74) is 1.08. The Bertz CT molecular complexity index is 1680. The summed E-state index contributed by atoms with van der Waals surface area (Å²) in [5, 5.41) is 1.88. The van der Waals surface area contributed by atoms with Gasteiger partial charge in [-0.25, -0.2) is 5.01 Å². The number of benzene rings is 3. The van der Waals surface area contributed by atoms with Crippen LogP contribution in [-0.4, -0.2) is 48.5 Å². The molecule has 0 unspecified atom stereocenters. The highest BCUT2D eigenvalue weighted by molar-refractivity contribution is 7.87. The lowest BCUT2D eigenvalue weighted by Crippen LogP contribution is -2.52. The third-order valence-electron chi connectivity index (χ3n) is 8.47. The third kappa shape index (κ3) is 4.88. The second-order valence-corrected chi connectivity index (χ2v) is 13.0. The standard InChI is InChI=1S/C31H27ClN2O7S/c1-18-6-14-23(15-7-18)42(39,40)41-22-12-10-19(11-13-22)26(35)17-33(29(36)24-4-2-3-5-25(24)32)34-30(37)27-20-8-9-21(16-20)28(27)31(34)38/h2-7,10-15,20-21,27-28H,8-9,16-17H2,1H3/t20-,21-,27-,28+/m0/s1. The van der Waals surface area contributed by atoms with E-state index < -0.39 is 52.0 Å². The van der Waals surface area contributed by atoms with Crippen molar-refractivity contribution in [2.24, 2.45) is 23.7 Å². The molecule has 0 aromatic heterocycles. The van der Waals surface area contributed by atoms with E-state index in [-0.39, 0.29) is 38.6 Å². The molecule has 2 bridgehead atoms. The molecular weight excluding hydrogens is 580 g/mol. The molecule has 1 aliphatic heterocycles. The van der Waals surface area contributed by atoms with Crippen molar-refractivity contribution in [3.8, 4) is 5.75 Å². The molecule has 3 amide bonds. The van der Waals surface area contributed by atoms with Crippen molar-refractivity contribution in [3.05, 3.63) is 94.5 Å². The van der Waals surface area contributed by atoms with Gasteiger partial charge in [-0.3, -0.25) is 19.2 Å². The van der Waals surface area contributed by atoms with Crippen LogP contribution >= 0.6 is 11.6 Å². The summed E-state index contributed by atoms with van der Waals surface area (Å²) in [5.74, 6) is -3.03. The summed E-state index contributed by atoms with van der Waals surface area (Å²) in [6, 6.07) is 17.8. The van der Waals surface area contributed by atoms with Crippen molar-refractivity contribution < 1.29 is 31.8 Å². The van der Waals surface area contributed by atoms with E-state index in [0.29, 0.717) is 0 Å². The molecule has 1 heterocycles. The zero-order valence-electron chi connectivity index (χ0n) is 22.6. The van der Waals surface area contributed by atoms with Gasteiger partial charge >= 0.3 is 10.1 Å². The van der Waals surface area contributed by atoms with Crippen molar-refractivity contribution in [3.63, 3.8) is 0 Å². The van der Waals surface area contributed by atoms with Gasteiger partial charge in [-0.1, -0.05) is 41.4 Å². The van der Waals surface area contributed by atoms with Gasteiger partial charge in [0.15, 0.2) is 5.78 Å². The van der Waals surface area contributed by atoms with Crippen LogP contribution in [0.4, 0.5) is 0 Å². The smallest absolute Gasteiger partial charge is 0.339 e. The van der Waals surface area contributed by atoms with Crippen LogP contribution in [0.1, 0.15) is 45.5 Å². The molecule has 0 N–H and O–H groups in total. The summed E-state index contributed by atoms with van der Waals surface area (Å²) in [4.78, 5) is 54.3. The first-order chi connectivity index (χ1) is 20.0. The van der Waals surface area contributed by atoms with E-state index in [9.17, 15) is 27.6 Å². The van der Waals surface area contributed by atoms with Crippen molar-refractivity contribution in [1.82, 2.24) is 10.0 Å². The van der Waals surface area contributed by atoms with Gasteiger partial charge in [0.2, 0.25) is 0 Å². The van der Waals surface area contributed by atoms with E-state index in [0.717, 1.165) is 34.8 Å². The number of hydrazine groups is 1. The predicted octanol–water partition coefficient (Wildman–Crippen LogP) is 4.69. The quantitative estimate of drug-likeness (QED) is 0.207. The Morgan fingerprint density at radius 1 is 0.905 bits per heavy atom. The van der Waals surface area contributed by atoms with Crippen molar-refractivity contribution in [1.29, 1.82) is 0 Å². The van der Waals surface area contributed by atoms with Crippen LogP contribution in [0.25, 0.3) is 0 Å². The average Bonchev–Trinajstić information content (AvgIpc) is 3.66. The van der Waals surface area contributed by atoms with E-state index in [4.69, 9.17) is 15.8 Å². The highest BCUT2D eigenvalue weighted by atomic mass is 35.5. The number of carbonyl (C=O) groups excluding carboxylic acids is 4. The van der Waals surface area contributed by atoms with Crippen molar-refractivity contribution >= 4 is 45.2 Å². The number of imide groups is 1. The molecule has 11 heteroatoms. The molecule has 6 rings (SSSR count). The zero-order valence-corrected chi connectivity index (χ0v) is 24.2. The van der Waals surface area contributed by atoms with Gasteiger partial charge in [0, 0.05) is 5.56 Å². The van der Waals surface area contributed by atoms with Gasteiger partial charge in [0.25, 0.3) is 17.7 Å². The number of rotatable bonds is 8. The summed E-state index contributed by atoms with van der Waals surface area (Å²) < 4.78 is 30.5. The number of amides is 3. The molecule has 3 aromatic rings. The second-order valence-electron chi connectivity index (χ2n) is 11.0. The first kappa shape index (κ1) is 28.1. The fraction of sp³-hybridized carbons (Fsp3) is 0.290. The van der Waals surface area contributed by atoms with Gasteiger partial charge in [-0.05, 0) is 86.6 Å². The highest BCUT2D eigenvalue weighted by Crippen LogP contribution is 2.56. The Morgan fingerprint density at radius 3 is 2.10 bits per heavy atom. The van der Waals surface area contributed by atoms with Crippen LogP contribution < -0.4 is 4.18 Å². The Kier molecular flexibility index (Phi) is 7.14. The number of fused-ring (bicyclic) bond motifs is 5. The molecule has 4 atom stereocenters.